The van der Waals surface area contributed by atoms with Crippen molar-refractivity contribution in [3.8, 4) is 0 Å². The van der Waals surface area contributed by atoms with Crippen LogP contribution < -0.4 is 10.6 Å². The van der Waals surface area contributed by atoms with Crippen LogP contribution in [-0.2, 0) is 9.53 Å². The Kier molecular flexibility index (Phi) is 7.57. The quantitative estimate of drug-likeness (QED) is 0.510. The SMILES string of the molecule is COCCNc1nnc(SCC(=O)Nc2c(Cl)ccc(C)c2Cl)s1. The maximum Gasteiger partial charge on any atom is 0.234 e. The number of halogens is 2. The van der Waals surface area contributed by atoms with Gasteiger partial charge in [0.15, 0.2) is 4.34 Å². The lowest BCUT2D eigenvalue weighted by Gasteiger charge is -2.10. The zero-order valence-corrected chi connectivity index (χ0v) is 16.2. The molecule has 130 valence electrons. The molecule has 0 atom stereocenters. The molecule has 0 aliphatic rings. The summed E-state index contributed by atoms with van der Waals surface area (Å²) in [6.45, 7) is 3.09. The molecule has 0 aliphatic carbocycles. The number of hydrogen-bond acceptors (Lipinski definition) is 7. The zero-order valence-electron chi connectivity index (χ0n) is 13.1. The predicted molar refractivity (Wildman–Crippen MR) is 101 cm³/mol. The first-order chi connectivity index (χ1) is 11.5. The second-order valence-corrected chi connectivity index (χ2v) is 7.67. The molecule has 0 saturated heterocycles. The minimum Gasteiger partial charge on any atom is -0.383 e. The molecule has 0 fully saturated rings. The Bertz CT molecular complexity index is 712. The Balaban J connectivity index is 1.87. The van der Waals surface area contributed by atoms with Gasteiger partial charge in [-0.1, -0.05) is 52.4 Å². The third kappa shape index (κ3) is 5.49. The summed E-state index contributed by atoms with van der Waals surface area (Å²) < 4.78 is 5.65. The maximum absolute atomic E-state index is 12.1. The lowest BCUT2D eigenvalue weighted by Crippen LogP contribution is -2.14. The van der Waals surface area contributed by atoms with Crippen LogP contribution in [0.4, 0.5) is 10.8 Å². The lowest BCUT2D eigenvalue weighted by atomic mass is 10.2. The zero-order chi connectivity index (χ0) is 17.5. The molecular formula is C14H16Cl2N4O2S2. The summed E-state index contributed by atoms with van der Waals surface area (Å²) in [5.41, 5.74) is 1.28. The van der Waals surface area contributed by atoms with Crippen molar-refractivity contribution in [3.63, 3.8) is 0 Å². The Labute approximate surface area is 158 Å². The highest BCUT2D eigenvalue weighted by Gasteiger charge is 2.13. The molecule has 0 unspecified atom stereocenters. The van der Waals surface area contributed by atoms with Crippen molar-refractivity contribution in [2.75, 3.05) is 36.6 Å². The molecule has 1 heterocycles. The second kappa shape index (κ2) is 9.43. The van der Waals surface area contributed by atoms with Crippen LogP contribution in [0.5, 0.6) is 0 Å². The Morgan fingerprint density at radius 2 is 2.17 bits per heavy atom. The molecule has 1 amide bonds. The van der Waals surface area contributed by atoms with Gasteiger partial charge in [-0.15, -0.1) is 10.2 Å². The fraction of sp³-hybridized carbons (Fsp3) is 0.357. The smallest absolute Gasteiger partial charge is 0.234 e. The number of amides is 1. The van der Waals surface area contributed by atoms with Gasteiger partial charge in [0.05, 0.1) is 28.1 Å². The van der Waals surface area contributed by atoms with Gasteiger partial charge in [-0.2, -0.15) is 0 Å². The molecule has 1 aromatic carbocycles. The van der Waals surface area contributed by atoms with Gasteiger partial charge in [-0.05, 0) is 18.6 Å². The van der Waals surface area contributed by atoms with Crippen LogP contribution in [0, 0.1) is 6.92 Å². The van der Waals surface area contributed by atoms with Crippen LogP contribution in [0.25, 0.3) is 0 Å². The molecule has 6 nitrogen and oxygen atoms in total. The molecule has 1 aromatic heterocycles. The summed E-state index contributed by atoms with van der Waals surface area (Å²) in [6.07, 6.45) is 0. The number of rotatable bonds is 8. The Morgan fingerprint density at radius 1 is 1.38 bits per heavy atom. The Hall–Kier alpha value is -1.06. The molecule has 0 aliphatic heterocycles. The summed E-state index contributed by atoms with van der Waals surface area (Å²) in [5, 5.41) is 15.4. The highest BCUT2D eigenvalue weighted by Crippen LogP contribution is 2.33. The van der Waals surface area contributed by atoms with Gasteiger partial charge in [-0.25, -0.2) is 0 Å². The summed E-state index contributed by atoms with van der Waals surface area (Å²) >= 11 is 14.9. The van der Waals surface area contributed by atoms with E-state index in [9.17, 15) is 4.79 Å². The molecule has 24 heavy (non-hydrogen) atoms. The third-order valence-corrected chi connectivity index (χ3v) is 5.68. The number of carbonyl (C=O) groups is 1. The minimum absolute atomic E-state index is 0.188. The fourth-order valence-corrected chi connectivity index (χ4v) is 3.72. The van der Waals surface area contributed by atoms with E-state index in [1.807, 2.05) is 6.92 Å². The number of nitrogens with zero attached hydrogens (tertiary/aromatic N) is 2. The standard InChI is InChI=1S/C14H16Cl2N4O2S2/c1-8-3-4-9(15)12(11(8)16)18-10(21)7-23-14-20-19-13(24-14)17-5-6-22-2/h3-4H,5-7H2,1-2H3,(H,17,19)(H,18,21). The predicted octanol–water partition coefficient (Wildman–Crippen LogP) is 3.94. The van der Waals surface area contributed by atoms with Crippen molar-refractivity contribution >= 4 is 63.0 Å². The van der Waals surface area contributed by atoms with Crippen LogP contribution in [0.2, 0.25) is 10.0 Å². The van der Waals surface area contributed by atoms with Crippen molar-refractivity contribution in [3.05, 3.63) is 27.7 Å². The number of aryl methyl sites for hydroxylation is 1. The lowest BCUT2D eigenvalue weighted by molar-refractivity contribution is -0.113. The third-order valence-electron chi connectivity index (χ3n) is 2.86. The van der Waals surface area contributed by atoms with Gasteiger partial charge < -0.3 is 15.4 Å². The average molecular weight is 407 g/mol. The maximum atomic E-state index is 12.1. The van der Waals surface area contributed by atoms with Crippen molar-refractivity contribution in [2.24, 2.45) is 0 Å². The highest BCUT2D eigenvalue weighted by molar-refractivity contribution is 8.01. The number of thioether (sulfide) groups is 1. The number of benzene rings is 1. The summed E-state index contributed by atoms with van der Waals surface area (Å²) in [5.74, 6) is -0.0219. The summed E-state index contributed by atoms with van der Waals surface area (Å²) in [4.78, 5) is 12.1. The molecule has 0 spiro atoms. The van der Waals surface area contributed by atoms with E-state index in [0.717, 1.165) is 5.56 Å². The number of hydrogen-bond donors (Lipinski definition) is 2. The molecular weight excluding hydrogens is 391 g/mol. The van der Waals surface area contributed by atoms with Crippen molar-refractivity contribution in [1.29, 1.82) is 0 Å². The van der Waals surface area contributed by atoms with E-state index in [2.05, 4.69) is 20.8 Å². The van der Waals surface area contributed by atoms with E-state index in [1.165, 1.54) is 23.1 Å². The number of carbonyl (C=O) groups excluding carboxylic acids is 1. The monoisotopic (exact) mass is 406 g/mol. The number of anilines is 2. The molecule has 0 radical (unpaired) electrons. The van der Waals surface area contributed by atoms with Crippen molar-refractivity contribution < 1.29 is 9.53 Å². The fourth-order valence-electron chi connectivity index (χ4n) is 1.67. The second-order valence-electron chi connectivity index (χ2n) is 4.68. The first-order valence-corrected chi connectivity index (χ1v) is 9.50. The van der Waals surface area contributed by atoms with Gasteiger partial charge in [0.25, 0.3) is 0 Å². The van der Waals surface area contributed by atoms with Crippen LogP contribution in [0.15, 0.2) is 16.5 Å². The summed E-state index contributed by atoms with van der Waals surface area (Å²) in [6, 6.07) is 3.50. The molecule has 0 saturated carbocycles. The van der Waals surface area contributed by atoms with E-state index in [-0.39, 0.29) is 11.7 Å². The van der Waals surface area contributed by atoms with E-state index in [0.29, 0.717) is 38.4 Å². The van der Waals surface area contributed by atoms with Crippen LogP contribution in [0.1, 0.15) is 5.56 Å². The number of methoxy groups -OCH3 is 1. The van der Waals surface area contributed by atoms with Gasteiger partial charge >= 0.3 is 0 Å². The van der Waals surface area contributed by atoms with Crippen LogP contribution >= 0.6 is 46.3 Å². The topological polar surface area (TPSA) is 76.1 Å². The van der Waals surface area contributed by atoms with E-state index in [4.69, 9.17) is 27.9 Å². The van der Waals surface area contributed by atoms with Gasteiger partial charge in [-0.3, -0.25) is 4.79 Å². The van der Waals surface area contributed by atoms with Gasteiger partial charge in [0.1, 0.15) is 0 Å². The van der Waals surface area contributed by atoms with Crippen LogP contribution in [0.3, 0.4) is 0 Å². The van der Waals surface area contributed by atoms with E-state index >= 15 is 0 Å². The molecule has 2 aromatic rings. The van der Waals surface area contributed by atoms with Crippen molar-refractivity contribution in [2.45, 2.75) is 11.3 Å². The van der Waals surface area contributed by atoms with E-state index < -0.39 is 0 Å². The Morgan fingerprint density at radius 3 is 2.92 bits per heavy atom. The first-order valence-electron chi connectivity index (χ1n) is 6.95. The number of aromatic nitrogens is 2. The largest absolute Gasteiger partial charge is 0.383 e. The average Bonchev–Trinajstić information content (AvgIpc) is 3.01. The minimum atomic E-state index is -0.210. The molecule has 0 bridgehead atoms. The molecule has 2 N–H and O–H groups in total. The highest BCUT2D eigenvalue weighted by atomic mass is 35.5. The normalized spacial score (nSPS) is 10.7. The first kappa shape index (κ1) is 19.3. The number of nitrogens with one attached hydrogen (secondary N) is 2. The van der Waals surface area contributed by atoms with Crippen molar-refractivity contribution in [1.82, 2.24) is 10.2 Å². The molecule has 10 heteroatoms. The van der Waals surface area contributed by atoms with Gasteiger partial charge in [0.2, 0.25) is 11.0 Å². The summed E-state index contributed by atoms with van der Waals surface area (Å²) in [7, 11) is 1.63. The molecule has 2 rings (SSSR count). The van der Waals surface area contributed by atoms with Crippen LogP contribution in [-0.4, -0.2) is 42.1 Å². The number of ether oxygens (including phenoxy) is 1. The van der Waals surface area contributed by atoms with E-state index in [1.54, 1.807) is 19.2 Å². The van der Waals surface area contributed by atoms with Gasteiger partial charge in [0, 0.05) is 13.7 Å².